The predicted octanol–water partition coefficient (Wildman–Crippen LogP) is 2.17. The van der Waals surface area contributed by atoms with Crippen LogP contribution in [-0.2, 0) is 21.0 Å². The van der Waals surface area contributed by atoms with Gasteiger partial charge in [-0.3, -0.25) is 4.79 Å². The summed E-state index contributed by atoms with van der Waals surface area (Å²) in [4.78, 5) is 12.6. The Labute approximate surface area is 210 Å². The molecule has 1 amide bonds. The Morgan fingerprint density at radius 3 is 2.47 bits per heavy atom. The van der Waals surface area contributed by atoms with Crippen molar-refractivity contribution >= 4 is 44.7 Å². The zero-order valence-corrected chi connectivity index (χ0v) is 21.5. The van der Waals surface area contributed by atoms with Crippen molar-refractivity contribution in [1.29, 1.82) is 0 Å². The van der Waals surface area contributed by atoms with E-state index in [1.807, 2.05) is 0 Å². The van der Waals surface area contributed by atoms with E-state index in [9.17, 15) is 13.2 Å². The molecule has 34 heavy (non-hydrogen) atoms. The largest absolute Gasteiger partial charge is 0.496 e. The van der Waals surface area contributed by atoms with Gasteiger partial charge in [-0.05, 0) is 54.5 Å². The van der Waals surface area contributed by atoms with Crippen molar-refractivity contribution < 1.29 is 27.4 Å². The quantitative estimate of drug-likeness (QED) is 0.281. The number of amides is 1. The predicted molar refractivity (Wildman–Crippen MR) is 135 cm³/mol. The number of nitrogens with one attached hydrogen (secondary N) is 3. The lowest BCUT2D eigenvalue weighted by Crippen LogP contribution is -2.36. The Morgan fingerprint density at radius 1 is 1.06 bits per heavy atom. The van der Waals surface area contributed by atoms with Crippen molar-refractivity contribution in [1.82, 2.24) is 16.0 Å². The molecule has 0 atom stereocenters. The molecule has 0 bridgehead atoms. The van der Waals surface area contributed by atoms with Crippen LogP contribution in [-0.4, -0.2) is 66.3 Å². The van der Waals surface area contributed by atoms with Crippen LogP contribution in [0, 0.1) is 0 Å². The number of benzene rings is 2. The molecular weight excluding hydrogens is 502 g/mol. The first kappa shape index (κ1) is 27.6. The van der Waals surface area contributed by atoms with Crippen LogP contribution in [0.2, 0.25) is 5.02 Å². The van der Waals surface area contributed by atoms with Gasteiger partial charge in [0, 0.05) is 25.7 Å². The average molecular weight is 530 g/mol. The number of carbonyl (C=O) groups excluding carboxylic acids is 1. The van der Waals surface area contributed by atoms with Gasteiger partial charge in [0.1, 0.15) is 28.9 Å². The molecule has 2 aromatic carbocycles. The number of rotatable bonds is 12. The first-order valence-corrected chi connectivity index (χ1v) is 12.7. The minimum atomic E-state index is -3.78. The van der Waals surface area contributed by atoms with E-state index in [2.05, 4.69) is 16.0 Å². The number of halogens is 1. The highest BCUT2D eigenvalue weighted by Gasteiger charge is 2.21. The van der Waals surface area contributed by atoms with E-state index >= 15 is 0 Å². The zero-order chi connectivity index (χ0) is 25.1. The molecule has 3 N–H and O–H groups in total. The first-order valence-electron chi connectivity index (χ1n) is 10.3. The van der Waals surface area contributed by atoms with Crippen LogP contribution in [0.1, 0.15) is 15.9 Å². The molecule has 2 aromatic rings. The zero-order valence-electron chi connectivity index (χ0n) is 19.1. The standard InChI is InChI=1S/C22H28ClN3O6S2/c1-24-22(33)26-14-34(28,29)20-12-15(4-6-19(20)32-11-10-30-2)8-9-25-21(27)17-13-16(23)5-7-18(17)31-3/h4-7,12-13H,8-11,14H2,1-3H3,(H,25,27)(H2,24,26,33). The second kappa shape index (κ2) is 13.3. The third-order valence-electron chi connectivity index (χ3n) is 4.64. The molecule has 0 aliphatic rings. The number of hydrogen-bond donors (Lipinski definition) is 3. The SMILES string of the molecule is CNC(=S)NCS(=O)(=O)c1cc(CCNC(=O)c2cc(Cl)ccc2OC)ccc1OCCOC. The van der Waals surface area contributed by atoms with Gasteiger partial charge >= 0.3 is 0 Å². The first-order chi connectivity index (χ1) is 16.2. The molecule has 0 unspecified atom stereocenters. The molecule has 0 saturated heterocycles. The maximum Gasteiger partial charge on any atom is 0.255 e. The van der Waals surface area contributed by atoms with Gasteiger partial charge in [0.15, 0.2) is 14.9 Å². The van der Waals surface area contributed by atoms with Gasteiger partial charge in [0.2, 0.25) is 0 Å². The fourth-order valence-electron chi connectivity index (χ4n) is 2.91. The molecule has 0 aromatic heterocycles. The van der Waals surface area contributed by atoms with Crippen molar-refractivity contribution in [2.75, 3.05) is 46.9 Å². The van der Waals surface area contributed by atoms with Gasteiger partial charge in [-0.2, -0.15) is 0 Å². The number of methoxy groups -OCH3 is 2. The Morgan fingerprint density at radius 2 is 1.79 bits per heavy atom. The molecule has 0 heterocycles. The molecule has 0 aliphatic heterocycles. The minimum Gasteiger partial charge on any atom is -0.496 e. The Balaban J connectivity index is 2.16. The Kier molecular flexibility index (Phi) is 10.8. The van der Waals surface area contributed by atoms with Crippen molar-refractivity contribution in [3.05, 3.63) is 52.5 Å². The second-order valence-corrected chi connectivity index (χ2v) is 9.79. The van der Waals surface area contributed by atoms with E-state index in [0.717, 1.165) is 0 Å². The summed E-state index contributed by atoms with van der Waals surface area (Å²) < 4.78 is 41.7. The highest BCUT2D eigenvalue weighted by molar-refractivity contribution is 7.91. The summed E-state index contributed by atoms with van der Waals surface area (Å²) in [6, 6.07) is 9.65. The van der Waals surface area contributed by atoms with E-state index in [1.165, 1.54) is 26.4 Å². The lowest BCUT2D eigenvalue weighted by Gasteiger charge is -2.15. The van der Waals surface area contributed by atoms with Crippen molar-refractivity contribution in [2.24, 2.45) is 0 Å². The molecule has 0 fully saturated rings. The lowest BCUT2D eigenvalue weighted by molar-refractivity contribution is 0.0951. The summed E-state index contributed by atoms with van der Waals surface area (Å²) in [7, 11) is 0.812. The molecular formula is C22H28ClN3O6S2. The van der Waals surface area contributed by atoms with Crippen LogP contribution in [0.15, 0.2) is 41.3 Å². The molecule has 9 nitrogen and oxygen atoms in total. The summed E-state index contributed by atoms with van der Waals surface area (Å²) in [5.74, 6) is -0.135. The van der Waals surface area contributed by atoms with Crippen molar-refractivity contribution in [2.45, 2.75) is 11.3 Å². The van der Waals surface area contributed by atoms with E-state index < -0.39 is 15.7 Å². The van der Waals surface area contributed by atoms with Crippen LogP contribution in [0.4, 0.5) is 0 Å². The average Bonchev–Trinajstić information content (AvgIpc) is 2.83. The van der Waals surface area contributed by atoms with Gasteiger partial charge in [-0.25, -0.2) is 8.42 Å². The molecule has 0 spiro atoms. The molecule has 2 rings (SSSR count). The van der Waals surface area contributed by atoms with Crippen LogP contribution in [0.5, 0.6) is 11.5 Å². The van der Waals surface area contributed by atoms with Gasteiger partial charge in [0.25, 0.3) is 5.91 Å². The maximum atomic E-state index is 13.0. The van der Waals surface area contributed by atoms with Crippen molar-refractivity contribution in [3.63, 3.8) is 0 Å². The fourth-order valence-corrected chi connectivity index (χ4v) is 4.50. The highest BCUT2D eigenvalue weighted by Crippen LogP contribution is 2.27. The number of thiocarbonyl (C=S) groups is 1. The number of ether oxygens (including phenoxy) is 3. The molecule has 0 aliphatic carbocycles. The summed E-state index contributed by atoms with van der Waals surface area (Å²) in [6.45, 7) is 0.764. The van der Waals surface area contributed by atoms with Crippen LogP contribution in [0.3, 0.4) is 0 Å². The van der Waals surface area contributed by atoms with Gasteiger partial charge in [-0.1, -0.05) is 17.7 Å². The lowest BCUT2D eigenvalue weighted by atomic mass is 10.1. The van der Waals surface area contributed by atoms with Gasteiger partial charge in [0.05, 0.1) is 19.3 Å². The summed E-state index contributed by atoms with van der Waals surface area (Å²) >= 11 is 11.0. The smallest absolute Gasteiger partial charge is 0.255 e. The van der Waals surface area contributed by atoms with E-state index in [4.69, 9.17) is 38.0 Å². The number of carbonyl (C=O) groups is 1. The van der Waals surface area contributed by atoms with E-state index in [-0.39, 0.29) is 34.8 Å². The third-order valence-corrected chi connectivity index (χ3v) is 6.74. The minimum absolute atomic E-state index is 0.0235. The van der Waals surface area contributed by atoms with Crippen molar-refractivity contribution in [3.8, 4) is 11.5 Å². The topological polar surface area (TPSA) is 115 Å². The fraction of sp³-hybridized carbons (Fsp3) is 0.364. The van der Waals surface area contributed by atoms with E-state index in [1.54, 1.807) is 31.3 Å². The van der Waals surface area contributed by atoms with Crippen LogP contribution < -0.4 is 25.4 Å². The molecule has 0 radical (unpaired) electrons. The van der Waals surface area contributed by atoms with Gasteiger partial charge < -0.3 is 30.2 Å². The number of hydrogen-bond acceptors (Lipinski definition) is 7. The molecule has 12 heteroatoms. The van der Waals surface area contributed by atoms with Gasteiger partial charge in [-0.15, -0.1) is 0 Å². The normalized spacial score (nSPS) is 10.9. The van der Waals surface area contributed by atoms with Crippen LogP contribution in [0.25, 0.3) is 0 Å². The van der Waals surface area contributed by atoms with E-state index in [0.29, 0.717) is 34.9 Å². The summed E-state index contributed by atoms with van der Waals surface area (Å²) in [5, 5.41) is 8.74. The Hall–Kier alpha value is -2.60. The summed E-state index contributed by atoms with van der Waals surface area (Å²) in [6.07, 6.45) is 0.387. The Bertz CT molecular complexity index is 1110. The highest BCUT2D eigenvalue weighted by atomic mass is 35.5. The number of sulfone groups is 1. The molecule has 0 saturated carbocycles. The third kappa shape index (κ3) is 8.01. The second-order valence-electron chi connectivity index (χ2n) is 6.99. The maximum absolute atomic E-state index is 13.0. The monoisotopic (exact) mass is 529 g/mol. The molecule has 186 valence electrons. The van der Waals surface area contributed by atoms with Crippen LogP contribution >= 0.6 is 23.8 Å². The summed E-state index contributed by atoms with van der Waals surface area (Å²) in [5.41, 5.74) is 1.01.